The lowest BCUT2D eigenvalue weighted by atomic mass is 10.1. The number of aromatic nitrogens is 5. The van der Waals surface area contributed by atoms with Crippen LogP contribution in [-0.2, 0) is 5.54 Å². The molecule has 1 aromatic carbocycles. The summed E-state index contributed by atoms with van der Waals surface area (Å²) in [6, 6.07) is 7.43. The third-order valence-electron chi connectivity index (χ3n) is 4.23. The number of aromatic amines is 1. The van der Waals surface area contributed by atoms with Crippen LogP contribution < -0.4 is 5.73 Å². The van der Waals surface area contributed by atoms with E-state index in [0.717, 1.165) is 10.9 Å². The summed E-state index contributed by atoms with van der Waals surface area (Å²) in [4.78, 5) is 11.8. The van der Waals surface area contributed by atoms with E-state index >= 15 is 0 Å². The third kappa shape index (κ3) is 2.30. The summed E-state index contributed by atoms with van der Waals surface area (Å²) in [6.45, 7) is 6.11. The molecule has 0 radical (unpaired) electrons. The van der Waals surface area contributed by atoms with Gasteiger partial charge in [0.05, 0.1) is 33.3 Å². The number of hydrogen-bond donors (Lipinski definition) is 2. The van der Waals surface area contributed by atoms with Crippen LogP contribution in [0, 0.1) is 11.3 Å². The number of rotatable bonds is 1. The Bertz CT molecular complexity index is 1200. The standard InChI is InChI=1S/C18H16ClN7/c1-18(2,3)26-17-12(16(21)22-8-23-17)14(25-26)15-13(19)10-5-4-9(7-20)6-11(10)24-15/h4-6,8,24H,1-3H3,(H2,21,22,23). The number of hydrogen-bond acceptors (Lipinski definition) is 5. The molecule has 4 aromatic rings. The molecule has 0 atom stereocenters. The van der Waals surface area contributed by atoms with E-state index < -0.39 is 0 Å². The molecule has 26 heavy (non-hydrogen) atoms. The number of halogens is 1. The van der Waals surface area contributed by atoms with Crippen LogP contribution in [0.5, 0.6) is 0 Å². The summed E-state index contributed by atoms with van der Waals surface area (Å²) in [6.07, 6.45) is 1.43. The van der Waals surface area contributed by atoms with Gasteiger partial charge in [0.2, 0.25) is 0 Å². The number of benzene rings is 1. The Morgan fingerprint density at radius 2 is 2.04 bits per heavy atom. The second kappa shape index (κ2) is 5.44. The fourth-order valence-electron chi connectivity index (χ4n) is 3.01. The van der Waals surface area contributed by atoms with E-state index in [-0.39, 0.29) is 5.54 Å². The quantitative estimate of drug-likeness (QED) is 0.532. The average molecular weight is 366 g/mol. The summed E-state index contributed by atoms with van der Waals surface area (Å²) in [5.74, 6) is 0.341. The molecule has 7 nitrogen and oxygen atoms in total. The molecule has 3 N–H and O–H groups in total. The summed E-state index contributed by atoms with van der Waals surface area (Å²) in [5, 5.41) is 15.8. The van der Waals surface area contributed by atoms with Gasteiger partial charge in [-0.2, -0.15) is 10.4 Å². The predicted molar refractivity (Wildman–Crippen MR) is 102 cm³/mol. The Labute approximate surface area is 154 Å². The molecule has 0 saturated heterocycles. The van der Waals surface area contributed by atoms with Crippen LogP contribution in [0.3, 0.4) is 0 Å². The van der Waals surface area contributed by atoms with Crippen molar-refractivity contribution in [2.45, 2.75) is 26.3 Å². The van der Waals surface area contributed by atoms with Gasteiger partial charge in [-0.1, -0.05) is 11.6 Å². The number of anilines is 1. The van der Waals surface area contributed by atoms with Crippen molar-refractivity contribution in [1.29, 1.82) is 5.26 Å². The van der Waals surface area contributed by atoms with E-state index in [9.17, 15) is 0 Å². The van der Waals surface area contributed by atoms with Crippen LogP contribution in [0.2, 0.25) is 5.02 Å². The van der Waals surface area contributed by atoms with Gasteiger partial charge >= 0.3 is 0 Å². The molecular formula is C18H16ClN7. The van der Waals surface area contributed by atoms with Gasteiger partial charge in [-0.3, -0.25) is 0 Å². The fourth-order valence-corrected chi connectivity index (χ4v) is 3.31. The van der Waals surface area contributed by atoms with E-state index in [1.807, 2.05) is 31.5 Å². The topological polar surface area (TPSA) is 109 Å². The monoisotopic (exact) mass is 365 g/mol. The molecule has 3 aromatic heterocycles. The fraction of sp³-hybridized carbons (Fsp3) is 0.222. The third-order valence-corrected chi connectivity index (χ3v) is 4.62. The number of nitrogen functional groups attached to an aromatic ring is 1. The number of nitriles is 1. The number of fused-ring (bicyclic) bond motifs is 2. The lowest BCUT2D eigenvalue weighted by Crippen LogP contribution is -2.23. The van der Waals surface area contributed by atoms with Crippen LogP contribution in [-0.4, -0.2) is 24.7 Å². The first kappa shape index (κ1) is 16.4. The highest BCUT2D eigenvalue weighted by Gasteiger charge is 2.26. The molecule has 0 fully saturated rings. The molecule has 0 amide bonds. The molecule has 0 aliphatic carbocycles. The summed E-state index contributed by atoms with van der Waals surface area (Å²) in [5.41, 5.74) is 9.01. The molecule has 0 aliphatic heterocycles. The maximum absolute atomic E-state index is 9.12. The second-order valence-electron chi connectivity index (χ2n) is 7.07. The normalized spacial score (nSPS) is 12.0. The number of H-pyrrole nitrogens is 1. The molecule has 0 aliphatic rings. The van der Waals surface area contributed by atoms with Gasteiger partial charge in [0.1, 0.15) is 17.8 Å². The minimum absolute atomic E-state index is 0.302. The van der Waals surface area contributed by atoms with E-state index in [1.165, 1.54) is 6.33 Å². The number of nitrogens with two attached hydrogens (primary N) is 1. The molecule has 0 unspecified atom stereocenters. The Kier molecular flexibility index (Phi) is 3.43. The Morgan fingerprint density at radius 1 is 1.27 bits per heavy atom. The first-order chi connectivity index (χ1) is 12.3. The number of nitrogens with zero attached hydrogens (tertiary/aromatic N) is 5. The molecule has 8 heteroatoms. The lowest BCUT2D eigenvalue weighted by molar-refractivity contribution is 0.366. The van der Waals surface area contributed by atoms with Crippen molar-refractivity contribution >= 4 is 39.4 Å². The van der Waals surface area contributed by atoms with Crippen LogP contribution in [0.15, 0.2) is 24.5 Å². The highest BCUT2D eigenvalue weighted by atomic mass is 35.5. The largest absolute Gasteiger partial charge is 0.383 e. The van der Waals surface area contributed by atoms with Crippen molar-refractivity contribution in [3.8, 4) is 17.5 Å². The Balaban J connectivity index is 2.08. The molecule has 0 bridgehead atoms. The van der Waals surface area contributed by atoms with Crippen LogP contribution in [0.25, 0.3) is 33.3 Å². The van der Waals surface area contributed by atoms with Gasteiger partial charge in [0, 0.05) is 10.9 Å². The predicted octanol–water partition coefficient (Wildman–Crippen LogP) is 3.84. The van der Waals surface area contributed by atoms with E-state index in [0.29, 0.717) is 38.8 Å². The highest BCUT2D eigenvalue weighted by Crippen LogP contribution is 2.39. The summed E-state index contributed by atoms with van der Waals surface area (Å²) >= 11 is 6.62. The van der Waals surface area contributed by atoms with Gasteiger partial charge < -0.3 is 10.7 Å². The van der Waals surface area contributed by atoms with Crippen molar-refractivity contribution < 1.29 is 0 Å². The zero-order valence-corrected chi connectivity index (χ0v) is 15.3. The smallest absolute Gasteiger partial charge is 0.164 e. The lowest BCUT2D eigenvalue weighted by Gasteiger charge is -2.19. The number of nitrogens with one attached hydrogen (secondary N) is 1. The summed E-state index contributed by atoms with van der Waals surface area (Å²) < 4.78 is 1.82. The highest BCUT2D eigenvalue weighted by molar-refractivity contribution is 6.38. The van der Waals surface area contributed by atoms with Crippen molar-refractivity contribution in [3.63, 3.8) is 0 Å². The van der Waals surface area contributed by atoms with Crippen LogP contribution in [0.4, 0.5) is 5.82 Å². The van der Waals surface area contributed by atoms with E-state index in [4.69, 9.17) is 27.7 Å². The molecule has 3 heterocycles. The molecule has 130 valence electrons. The minimum Gasteiger partial charge on any atom is -0.383 e. The molecule has 4 rings (SSSR count). The summed E-state index contributed by atoms with van der Waals surface area (Å²) in [7, 11) is 0. The molecular weight excluding hydrogens is 350 g/mol. The van der Waals surface area contributed by atoms with Gasteiger partial charge in [-0.15, -0.1) is 0 Å². The zero-order valence-electron chi connectivity index (χ0n) is 14.5. The van der Waals surface area contributed by atoms with E-state index in [2.05, 4.69) is 21.0 Å². The minimum atomic E-state index is -0.302. The van der Waals surface area contributed by atoms with Gasteiger partial charge in [-0.05, 0) is 39.0 Å². The van der Waals surface area contributed by atoms with Gasteiger partial charge in [-0.25, -0.2) is 14.6 Å². The first-order valence-electron chi connectivity index (χ1n) is 8.02. The maximum atomic E-state index is 9.12. The van der Waals surface area contributed by atoms with Crippen molar-refractivity contribution in [3.05, 3.63) is 35.1 Å². The van der Waals surface area contributed by atoms with Crippen molar-refractivity contribution in [2.24, 2.45) is 0 Å². The SMILES string of the molecule is CC(C)(C)n1nc(-c2[nH]c3cc(C#N)ccc3c2Cl)c2c(N)ncnc21. The zero-order chi connectivity index (χ0) is 18.6. The Hall–Kier alpha value is -3.11. The molecule has 0 spiro atoms. The van der Waals surface area contributed by atoms with Gasteiger partial charge in [0.15, 0.2) is 5.65 Å². The maximum Gasteiger partial charge on any atom is 0.164 e. The second-order valence-corrected chi connectivity index (χ2v) is 7.45. The van der Waals surface area contributed by atoms with Gasteiger partial charge in [0.25, 0.3) is 0 Å². The van der Waals surface area contributed by atoms with Crippen LogP contribution >= 0.6 is 11.6 Å². The van der Waals surface area contributed by atoms with Crippen molar-refractivity contribution in [2.75, 3.05) is 5.73 Å². The van der Waals surface area contributed by atoms with E-state index in [1.54, 1.807) is 12.1 Å². The van der Waals surface area contributed by atoms with Crippen molar-refractivity contribution in [1.82, 2.24) is 24.7 Å². The first-order valence-corrected chi connectivity index (χ1v) is 8.40. The Morgan fingerprint density at radius 3 is 2.73 bits per heavy atom. The van der Waals surface area contributed by atoms with Crippen LogP contribution in [0.1, 0.15) is 26.3 Å². The average Bonchev–Trinajstić information content (AvgIpc) is 3.13. The molecule has 0 saturated carbocycles.